The van der Waals surface area contributed by atoms with E-state index in [0.29, 0.717) is 31.1 Å². The third-order valence-electron chi connectivity index (χ3n) is 8.35. The summed E-state index contributed by atoms with van der Waals surface area (Å²) in [4.78, 5) is 11.7. The van der Waals surface area contributed by atoms with Gasteiger partial charge in [-0.3, -0.25) is 4.79 Å². The predicted octanol–water partition coefficient (Wildman–Crippen LogP) is 4.01. The first kappa shape index (κ1) is 15.7. The molecule has 0 aromatic carbocycles. The van der Waals surface area contributed by atoms with Crippen molar-refractivity contribution in [1.82, 2.24) is 0 Å². The zero-order valence-corrected chi connectivity index (χ0v) is 14.6. The molecule has 0 aromatic heterocycles. The lowest BCUT2D eigenvalue weighted by Gasteiger charge is -2.62. The molecule has 2 N–H and O–H groups in total. The number of allylic oxidation sites excluding steroid dienone is 2. The van der Waals surface area contributed by atoms with Crippen molar-refractivity contribution in [1.29, 1.82) is 0 Å². The Morgan fingerprint density at radius 1 is 1.13 bits per heavy atom. The van der Waals surface area contributed by atoms with Crippen LogP contribution in [0.15, 0.2) is 12.2 Å². The summed E-state index contributed by atoms with van der Waals surface area (Å²) in [6.45, 7) is 7.17. The van der Waals surface area contributed by atoms with Crippen LogP contribution in [0.25, 0.3) is 0 Å². The highest BCUT2D eigenvalue weighted by Crippen LogP contribution is 2.72. The fourth-order valence-electron chi connectivity index (χ4n) is 7.58. The quantitative estimate of drug-likeness (QED) is 0.718. The SMILES string of the molecule is CC1(C)C=CC[C@]2(C)[C@@H]1CC[C@]13C[C@H](C(=O)O)[C@](O)(CC[C@H]12)C3. The highest BCUT2D eigenvalue weighted by Gasteiger charge is 2.68. The lowest BCUT2D eigenvalue weighted by molar-refractivity contribution is -0.153. The van der Waals surface area contributed by atoms with E-state index in [1.807, 2.05) is 0 Å². The second-order valence-corrected chi connectivity index (χ2v) is 9.85. The Morgan fingerprint density at radius 3 is 2.52 bits per heavy atom. The molecule has 3 fully saturated rings. The first-order valence-corrected chi connectivity index (χ1v) is 9.26. The van der Waals surface area contributed by atoms with Crippen molar-refractivity contribution in [2.45, 2.75) is 71.3 Å². The van der Waals surface area contributed by atoms with Crippen LogP contribution in [-0.4, -0.2) is 21.8 Å². The molecule has 1 spiro atoms. The third kappa shape index (κ3) is 1.89. The molecule has 3 heteroatoms. The van der Waals surface area contributed by atoms with Gasteiger partial charge in [0.05, 0.1) is 11.5 Å². The van der Waals surface area contributed by atoms with Crippen LogP contribution in [0.3, 0.4) is 0 Å². The fourth-order valence-corrected chi connectivity index (χ4v) is 7.58. The van der Waals surface area contributed by atoms with E-state index in [-0.39, 0.29) is 16.2 Å². The lowest BCUT2D eigenvalue weighted by Crippen LogP contribution is -2.56. The molecule has 4 aliphatic rings. The van der Waals surface area contributed by atoms with E-state index in [4.69, 9.17) is 0 Å². The average molecular weight is 318 g/mol. The minimum absolute atomic E-state index is 0.0581. The third-order valence-corrected chi connectivity index (χ3v) is 8.35. The topological polar surface area (TPSA) is 57.5 Å². The van der Waals surface area contributed by atoms with Gasteiger partial charge < -0.3 is 10.2 Å². The van der Waals surface area contributed by atoms with E-state index >= 15 is 0 Å². The largest absolute Gasteiger partial charge is 0.481 e. The van der Waals surface area contributed by atoms with Crippen molar-refractivity contribution in [2.24, 2.45) is 34.0 Å². The number of aliphatic hydroxyl groups is 1. The zero-order chi connectivity index (χ0) is 16.7. The Bertz CT molecular complexity index is 579. The van der Waals surface area contributed by atoms with Gasteiger partial charge in [-0.25, -0.2) is 0 Å². The van der Waals surface area contributed by atoms with Gasteiger partial charge in [0.25, 0.3) is 0 Å². The second-order valence-electron chi connectivity index (χ2n) is 9.85. The second kappa shape index (κ2) is 4.41. The van der Waals surface area contributed by atoms with Gasteiger partial charge in [-0.05, 0) is 73.0 Å². The summed E-state index contributed by atoms with van der Waals surface area (Å²) in [6.07, 6.45) is 11.2. The number of carboxylic acids is 1. The van der Waals surface area contributed by atoms with Gasteiger partial charge in [-0.1, -0.05) is 32.9 Å². The molecular formula is C20H30O3. The zero-order valence-electron chi connectivity index (χ0n) is 14.6. The highest BCUT2D eigenvalue weighted by atomic mass is 16.4. The Hall–Kier alpha value is -0.830. The molecule has 4 aliphatic carbocycles. The van der Waals surface area contributed by atoms with E-state index in [1.165, 1.54) is 6.42 Å². The number of hydrogen-bond donors (Lipinski definition) is 2. The Morgan fingerprint density at radius 2 is 1.83 bits per heavy atom. The summed E-state index contributed by atoms with van der Waals surface area (Å²) >= 11 is 0. The maximum atomic E-state index is 11.7. The van der Waals surface area contributed by atoms with Crippen LogP contribution in [0.4, 0.5) is 0 Å². The van der Waals surface area contributed by atoms with Crippen LogP contribution < -0.4 is 0 Å². The molecule has 4 rings (SSSR count). The number of aliphatic carboxylic acids is 1. The molecule has 0 saturated heterocycles. The molecule has 128 valence electrons. The molecule has 0 amide bonds. The van der Waals surface area contributed by atoms with Crippen LogP contribution in [0, 0.1) is 34.0 Å². The summed E-state index contributed by atoms with van der Waals surface area (Å²) < 4.78 is 0. The van der Waals surface area contributed by atoms with Gasteiger partial charge in [0.2, 0.25) is 0 Å². The van der Waals surface area contributed by atoms with Crippen LogP contribution in [0.5, 0.6) is 0 Å². The van der Waals surface area contributed by atoms with Crippen molar-refractivity contribution >= 4 is 5.97 Å². The van der Waals surface area contributed by atoms with Gasteiger partial charge in [-0.15, -0.1) is 0 Å². The number of carbonyl (C=O) groups is 1. The van der Waals surface area contributed by atoms with E-state index < -0.39 is 17.5 Å². The molecule has 3 saturated carbocycles. The van der Waals surface area contributed by atoms with E-state index in [9.17, 15) is 15.0 Å². The predicted molar refractivity (Wildman–Crippen MR) is 88.8 cm³/mol. The van der Waals surface area contributed by atoms with Gasteiger partial charge >= 0.3 is 5.97 Å². The van der Waals surface area contributed by atoms with Crippen LogP contribution in [0.1, 0.15) is 65.7 Å². The van der Waals surface area contributed by atoms with Crippen LogP contribution in [0.2, 0.25) is 0 Å². The molecule has 6 atom stereocenters. The fraction of sp³-hybridized carbons (Fsp3) is 0.850. The van der Waals surface area contributed by atoms with Crippen molar-refractivity contribution < 1.29 is 15.0 Å². The van der Waals surface area contributed by atoms with E-state index in [0.717, 1.165) is 19.3 Å². The smallest absolute Gasteiger partial charge is 0.309 e. The van der Waals surface area contributed by atoms with Gasteiger partial charge in [0, 0.05) is 0 Å². The minimum atomic E-state index is -0.953. The maximum absolute atomic E-state index is 11.7. The van der Waals surface area contributed by atoms with Crippen LogP contribution in [-0.2, 0) is 4.79 Å². The van der Waals surface area contributed by atoms with E-state index in [2.05, 4.69) is 32.9 Å². The normalized spacial score (nSPS) is 53.5. The van der Waals surface area contributed by atoms with Crippen molar-refractivity contribution in [2.75, 3.05) is 0 Å². The van der Waals surface area contributed by atoms with Gasteiger partial charge in [-0.2, -0.15) is 0 Å². The van der Waals surface area contributed by atoms with Crippen LogP contribution >= 0.6 is 0 Å². The Kier molecular flexibility index (Phi) is 3.01. The highest BCUT2D eigenvalue weighted by molar-refractivity contribution is 5.72. The summed E-state index contributed by atoms with van der Waals surface area (Å²) in [5, 5.41) is 20.6. The molecule has 23 heavy (non-hydrogen) atoms. The standard InChI is InChI=1S/C20H30O3/c1-17(2)7-4-8-18(3)14(17)5-9-19-11-13(16(21)22)20(23,12-19)10-6-15(18)19/h4,7,13-15,23H,5-6,8-12H2,1-3H3,(H,21,22)/t13-,14-,15+,18-,19-,20+/m1/s1. The number of fused-ring (bicyclic) bond motifs is 3. The molecule has 0 heterocycles. The lowest BCUT2D eigenvalue weighted by atomic mass is 9.42. The number of hydrogen-bond acceptors (Lipinski definition) is 2. The summed E-state index contributed by atoms with van der Waals surface area (Å²) in [5.74, 6) is -0.116. The maximum Gasteiger partial charge on any atom is 0.309 e. The monoisotopic (exact) mass is 318 g/mol. The van der Waals surface area contributed by atoms with Gasteiger partial charge in [0.15, 0.2) is 0 Å². The first-order chi connectivity index (χ1) is 10.6. The summed E-state index contributed by atoms with van der Waals surface area (Å²) in [6, 6.07) is 0. The molecule has 0 unspecified atom stereocenters. The molecule has 0 aromatic rings. The molecule has 3 nitrogen and oxygen atoms in total. The number of rotatable bonds is 1. The Labute approximate surface area is 139 Å². The van der Waals surface area contributed by atoms with Crippen molar-refractivity contribution in [3.63, 3.8) is 0 Å². The number of carboxylic acid groups (broad SMARTS) is 1. The molecule has 0 radical (unpaired) electrons. The minimum Gasteiger partial charge on any atom is -0.481 e. The average Bonchev–Trinajstić information content (AvgIpc) is 2.64. The molecular weight excluding hydrogens is 288 g/mol. The molecule has 0 aliphatic heterocycles. The van der Waals surface area contributed by atoms with Crippen molar-refractivity contribution in [3.8, 4) is 0 Å². The molecule has 2 bridgehead atoms. The van der Waals surface area contributed by atoms with Crippen molar-refractivity contribution in [3.05, 3.63) is 12.2 Å². The Balaban J connectivity index is 1.75. The summed E-state index contributed by atoms with van der Waals surface area (Å²) in [7, 11) is 0. The van der Waals surface area contributed by atoms with Gasteiger partial charge in [0.1, 0.15) is 0 Å². The van der Waals surface area contributed by atoms with E-state index in [1.54, 1.807) is 0 Å². The first-order valence-electron chi connectivity index (χ1n) is 9.26. The summed E-state index contributed by atoms with van der Waals surface area (Å²) in [5.41, 5.74) is -0.410.